The summed E-state index contributed by atoms with van der Waals surface area (Å²) >= 11 is 0. The smallest absolute Gasteiger partial charge is 0.228 e. The molecule has 1 spiro atoms. The molecule has 0 radical (unpaired) electrons. The molecule has 0 aromatic heterocycles. The van der Waals surface area contributed by atoms with Gasteiger partial charge in [0.25, 0.3) is 0 Å². The predicted molar refractivity (Wildman–Crippen MR) is 94.4 cm³/mol. The van der Waals surface area contributed by atoms with Crippen LogP contribution in [0.25, 0.3) is 0 Å². The van der Waals surface area contributed by atoms with Crippen LogP contribution in [0.15, 0.2) is 0 Å². The number of amides is 1. The highest BCUT2D eigenvalue weighted by Crippen LogP contribution is 2.41. The van der Waals surface area contributed by atoms with Gasteiger partial charge in [0.2, 0.25) is 5.91 Å². The van der Waals surface area contributed by atoms with E-state index >= 15 is 0 Å². The van der Waals surface area contributed by atoms with Crippen molar-refractivity contribution in [3.63, 3.8) is 0 Å². The number of carbonyl (C=O) groups excluding carboxylic acids is 1. The highest BCUT2D eigenvalue weighted by atomic mass is 16.2. The van der Waals surface area contributed by atoms with Crippen molar-refractivity contribution >= 4 is 5.91 Å². The zero-order chi connectivity index (χ0) is 16.3. The van der Waals surface area contributed by atoms with Crippen molar-refractivity contribution in [3.05, 3.63) is 0 Å². The molecule has 0 bridgehead atoms. The molecular weight excluding hydrogens is 286 g/mol. The zero-order valence-electron chi connectivity index (χ0n) is 15.2. The molecule has 1 amide bonds. The second-order valence-corrected chi connectivity index (χ2v) is 8.20. The van der Waals surface area contributed by atoms with E-state index in [9.17, 15) is 4.79 Å². The lowest BCUT2D eigenvalue weighted by Crippen LogP contribution is -2.45. The highest BCUT2D eigenvalue weighted by molar-refractivity contribution is 5.85. The number of carbonyl (C=O) groups is 1. The lowest BCUT2D eigenvalue weighted by atomic mass is 9.77. The average molecular weight is 322 g/mol. The molecule has 0 aromatic carbocycles. The van der Waals surface area contributed by atoms with Crippen LogP contribution in [0.1, 0.15) is 51.9 Å². The fourth-order valence-electron chi connectivity index (χ4n) is 4.76. The second kappa shape index (κ2) is 7.52. The van der Waals surface area contributed by atoms with E-state index < -0.39 is 0 Å². The van der Waals surface area contributed by atoms with Crippen molar-refractivity contribution in [3.8, 4) is 0 Å². The third-order valence-corrected chi connectivity index (χ3v) is 6.60. The van der Waals surface area contributed by atoms with Gasteiger partial charge < -0.3 is 14.7 Å². The lowest BCUT2D eigenvalue weighted by Gasteiger charge is -2.39. The number of hydrogen-bond donors (Lipinski definition) is 0. The molecule has 4 heteroatoms. The Balaban J connectivity index is 1.41. The van der Waals surface area contributed by atoms with Crippen molar-refractivity contribution in [2.24, 2.45) is 11.3 Å². The van der Waals surface area contributed by atoms with E-state index in [1.54, 1.807) is 0 Å². The van der Waals surface area contributed by atoms with Gasteiger partial charge in [-0.1, -0.05) is 6.92 Å². The first-order valence-corrected chi connectivity index (χ1v) is 9.83. The normalized spacial score (nSPS) is 27.2. The Hall–Kier alpha value is -0.610. The molecule has 3 heterocycles. The topological polar surface area (TPSA) is 26.8 Å². The summed E-state index contributed by atoms with van der Waals surface area (Å²) in [7, 11) is 2.24. The van der Waals surface area contributed by atoms with E-state index in [1.165, 1.54) is 38.9 Å². The van der Waals surface area contributed by atoms with Crippen molar-refractivity contribution in [2.75, 3.05) is 52.9 Å². The molecule has 0 saturated carbocycles. The molecule has 132 valence electrons. The van der Waals surface area contributed by atoms with Crippen LogP contribution in [0.4, 0.5) is 0 Å². The molecule has 0 aliphatic carbocycles. The Morgan fingerprint density at radius 3 is 2.30 bits per heavy atom. The summed E-state index contributed by atoms with van der Waals surface area (Å²) in [6, 6.07) is 0. The fourth-order valence-corrected chi connectivity index (χ4v) is 4.76. The third kappa shape index (κ3) is 3.90. The average Bonchev–Trinajstić information content (AvgIpc) is 2.86. The molecular formula is C19H35N3O. The van der Waals surface area contributed by atoms with Crippen molar-refractivity contribution in [2.45, 2.75) is 51.9 Å². The maximum absolute atomic E-state index is 12.7. The largest absolute Gasteiger partial charge is 0.342 e. The fraction of sp³-hybridized carbons (Fsp3) is 0.947. The molecule has 23 heavy (non-hydrogen) atoms. The van der Waals surface area contributed by atoms with Crippen LogP contribution < -0.4 is 0 Å². The van der Waals surface area contributed by atoms with E-state index in [1.807, 2.05) is 0 Å². The Morgan fingerprint density at radius 2 is 1.65 bits per heavy atom. The van der Waals surface area contributed by atoms with Crippen LogP contribution in [0.2, 0.25) is 0 Å². The van der Waals surface area contributed by atoms with Crippen LogP contribution >= 0.6 is 0 Å². The molecule has 3 aliphatic heterocycles. The van der Waals surface area contributed by atoms with Gasteiger partial charge in [-0.25, -0.2) is 0 Å². The summed E-state index contributed by atoms with van der Waals surface area (Å²) < 4.78 is 0. The summed E-state index contributed by atoms with van der Waals surface area (Å²) in [4.78, 5) is 19.9. The number of nitrogens with zero attached hydrogens (tertiary/aromatic N) is 3. The third-order valence-electron chi connectivity index (χ3n) is 6.60. The lowest BCUT2D eigenvalue weighted by molar-refractivity contribution is -0.138. The predicted octanol–water partition coefficient (Wildman–Crippen LogP) is 2.44. The van der Waals surface area contributed by atoms with Gasteiger partial charge in [0, 0.05) is 13.1 Å². The minimum Gasteiger partial charge on any atom is -0.342 e. The minimum atomic E-state index is 0.0131. The summed E-state index contributed by atoms with van der Waals surface area (Å²) in [5.41, 5.74) is 0.0131. The maximum Gasteiger partial charge on any atom is 0.228 e. The summed E-state index contributed by atoms with van der Waals surface area (Å²) in [6.45, 7) is 10.2. The van der Waals surface area contributed by atoms with Gasteiger partial charge >= 0.3 is 0 Å². The summed E-state index contributed by atoms with van der Waals surface area (Å²) in [5, 5.41) is 0. The first kappa shape index (κ1) is 17.2. The molecule has 3 aliphatic rings. The van der Waals surface area contributed by atoms with E-state index in [2.05, 4.69) is 28.7 Å². The number of likely N-dealkylation sites (tertiary alicyclic amines) is 3. The quantitative estimate of drug-likeness (QED) is 0.778. The van der Waals surface area contributed by atoms with Gasteiger partial charge in [-0.2, -0.15) is 0 Å². The molecule has 4 nitrogen and oxygen atoms in total. The van der Waals surface area contributed by atoms with Crippen LogP contribution in [0.5, 0.6) is 0 Å². The van der Waals surface area contributed by atoms with Gasteiger partial charge in [0.15, 0.2) is 0 Å². The zero-order valence-corrected chi connectivity index (χ0v) is 15.2. The standard InChI is InChI=1S/C19H35N3O/c1-3-10-22-16-9-19(18(22)23)7-14-21(15-8-19)13-6-17-4-11-20(2)12-5-17/h17H,3-16H2,1-2H3. The van der Waals surface area contributed by atoms with E-state index in [-0.39, 0.29) is 5.41 Å². The molecule has 0 N–H and O–H groups in total. The molecule has 0 unspecified atom stereocenters. The Labute approximate surface area is 142 Å². The maximum atomic E-state index is 12.7. The molecule has 3 rings (SSSR count). The monoisotopic (exact) mass is 321 g/mol. The first-order valence-electron chi connectivity index (χ1n) is 9.83. The Bertz CT molecular complexity index is 395. The van der Waals surface area contributed by atoms with E-state index in [0.29, 0.717) is 5.91 Å². The summed E-state index contributed by atoms with van der Waals surface area (Å²) in [5.74, 6) is 1.39. The molecule has 3 fully saturated rings. The Morgan fingerprint density at radius 1 is 1.00 bits per heavy atom. The van der Waals surface area contributed by atoms with E-state index in [4.69, 9.17) is 0 Å². The van der Waals surface area contributed by atoms with Crippen molar-refractivity contribution in [1.82, 2.24) is 14.7 Å². The first-order chi connectivity index (χ1) is 11.1. The minimum absolute atomic E-state index is 0.0131. The molecule has 3 saturated heterocycles. The number of hydrogen-bond acceptors (Lipinski definition) is 3. The number of piperidine rings is 2. The summed E-state index contributed by atoms with van der Waals surface area (Å²) in [6.07, 6.45) is 8.49. The van der Waals surface area contributed by atoms with Crippen LogP contribution in [0, 0.1) is 11.3 Å². The van der Waals surface area contributed by atoms with Gasteiger partial charge in [-0.05, 0) is 90.6 Å². The molecule has 0 aromatic rings. The number of rotatable bonds is 5. The van der Waals surface area contributed by atoms with Crippen LogP contribution in [-0.4, -0.2) is 73.5 Å². The van der Waals surface area contributed by atoms with Gasteiger partial charge in [0.1, 0.15) is 0 Å². The van der Waals surface area contributed by atoms with Gasteiger partial charge in [0.05, 0.1) is 5.41 Å². The Kier molecular flexibility index (Phi) is 5.63. The van der Waals surface area contributed by atoms with Crippen LogP contribution in [-0.2, 0) is 4.79 Å². The van der Waals surface area contributed by atoms with Gasteiger partial charge in [-0.3, -0.25) is 4.79 Å². The van der Waals surface area contributed by atoms with Crippen molar-refractivity contribution in [1.29, 1.82) is 0 Å². The molecule has 0 atom stereocenters. The van der Waals surface area contributed by atoms with Crippen molar-refractivity contribution < 1.29 is 4.79 Å². The van der Waals surface area contributed by atoms with Crippen LogP contribution in [0.3, 0.4) is 0 Å². The second-order valence-electron chi connectivity index (χ2n) is 8.20. The van der Waals surface area contributed by atoms with Gasteiger partial charge in [-0.15, -0.1) is 0 Å². The highest BCUT2D eigenvalue weighted by Gasteiger charge is 2.47. The SMILES string of the molecule is CCCN1CCC2(CCN(CCC3CCN(C)CC3)CC2)C1=O. The van der Waals surface area contributed by atoms with E-state index in [0.717, 1.165) is 57.8 Å².